The molecule has 0 spiro atoms. The minimum Gasteiger partial charge on any atom is -0.494 e. The first-order valence-corrected chi connectivity index (χ1v) is 11.8. The van der Waals surface area contributed by atoms with Gasteiger partial charge in [0.2, 0.25) is 5.91 Å². The maximum absolute atomic E-state index is 12.8. The Morgan fingerprint density at radius 2 is 1.61 bits per heavy atom. The summed E-state index contributed by atoms with van der Waals surface area (Å²) in [6, 6.07) is 13.9. The van der Waals surface area contributed by atoms with Crippen molar-refractivity contribution in [1.29, 1.82) is 0 Å². The van der Waals surface area contributed by atoms with Gasteiger partial charge < -0.3 is 19.9 Å². The molecule has 2 aromatic carbocycles. The standard InChI is InChI=1S/C26H32ClNO5/c1-26(2,16-3-17-32-21-12-6-19(27)7-13-21)25(31)28-20-8-14-23(15-9-20)33-22-10-4-18(5-11-22)24(29)30/h4-7,10-13,20,23H,3,8-9,14-17H2,1-2H3,(H,28,31)(H,29,30)/t20-,23+. The number of hydrogen-bond acceptors (Lipinski definition) is 4. The van der Waals surface area contributed by atoms with Crippen LogP contribution in [0.3, 0.4) is 0 Å². The second-order valence-corrected chi connectivity index (χ2v) is 9.62. The molecule has 7 heteroatoms. The number of rotatable bonds is 10. The lowest BCUT2D eigenvalue weighted by Crippen LogP contribution is -2.45. The number of halogens is 1. The van der Waals surface area contributed by atoms with Crippen LogP contribution in [0.1, 0.15) is 62.7 Å². The number of benzene rings is 2. The molecule has 1 aliphatic rings. The van der Waals surface area contributed by atoms with Crippen LogP contribution in [0.15, 0.2) is 48.5 Å². The Balaban J connectivity index is 1.36. The van der Waals surface area contributed by atoms with E-state index in [1.807, 2.05) is 26.0 Å². The fraction of sp³-hybridized carbons (Fsp3) is 0.462. The van der Waals surface area contributed by atoms with Gasteiger partial charge in [-0.05, 0) is 87.1 Å². The number of carbonyl (C=O) groups is 2. The molecule has 0 aromatic heterocycles. The van der Waals surface area contributed by atoms with E-state index in [0.717, 1.165) is 44.3 Å². The molecule has 0 unspecified atom stereocenters. The topological polar surface area (TPSA) is 84.9 Å². The number of carbonyl (C=O) groups excluding carboxylic acids is 1. The van der Waals surface area contributed by atoms with E-state index < -0.39 is 11.4 Å². The molecule has 1 saturated carbocycles. The third-order valence-corrected chi connectivity index (χ3v) is 6.31. The van der Waals surface area contributed by atoms with Crippen molar-refractivity contribution in [3.63, 3.8) is 0 Å². The highest BCUT2D eigenvalue weighted by atomic mass is 35.5. The second kappa shape index (κ2) is 11.4. The van der Waals surface area contributed by atoms with Crippen LogP contribution >= 0.6 is 11.6 Å². The Morgan fingerprint density at radius 3 is 2.21 bits per heavy atom. The number of nitrogens with one attached hydrogen (secondary N) is 1. The Morgan fingerprint density at radius 1 is 1.00 bits per heavy atom. The van der Waals surface area contributed by atoms with Crippen molar-refractivity contribution in [2.45, 2.75) is 64.5 Å². The van der Waals surface area contributed by atoms with Gasteiger partial charge in [0.1, 0.15) is 11.5 Å². The van der Waals surface area contributed by atoms with E-state index in [2.05, 4.69) is 5.32 Å². The van der Waals surface area contributed by atoms with E-state index in [4.69, 9.17) is 26.2 Å². The van der Waals surface area contributed by atoms with Crippen molar-refractivity contribution in [3.05, 3.63) is 59.1 Å². The van der Waals surface area contributed by atoms with Crippen LogP contribution in [0.5, 0.6) is 11.5 Å². The van der Waals surface area contributed by atoms with Gasteiger partial charge in [-0.3, -0.25) is 4.79 Å². The lowest BCUT2D eigenvalue weighted by atomic mass is 9.85. The minimum atomic E-state index is -0.949. The molecule has 0 heterocycles. The van der Waals surface area contributed by atoms with Crippen LogP contribution < -0.4 is 14.8 Å². The van der Waals surface area contributed by atoms with Crippen molar-refractivity contribution in [2.24, 2.45) is 5.41 Å². The van der Waals surface area contributed by atoms with Crippen molar-refractivity contribution < 1.29 is 24.2 Å². The molecular weight excluding hydrogens is 442 g/mol. The van der Waals surface area contributed by atoms with Crippen LogP contribution in [0.2, 0.25) is 5.02 Å². The Kier molecular flexibility index (Phi) is 8.61. The number of carboxylic acid groups (broad SMARTS) is 1. The van der Waals surface area contributed by atoms with Gasteiger partial charge in [-0.1, -0.05) is 25.4 Å². The molecular formula is C26H32ClNO5. The molecule has 3 rings (SSSR count). The lowest BCUT2D eigenvalue weighted by Gasteiger charge is -2.32. The summed E-state index contributed by atoms with van der Waals surface area (Å²) in [5, 5.41) is 12.9. The first-order valence-electron chi connectivity index (χ1n) is 11.4. The van der Waals surface area contributed by atoms with Gasteiger partial charge in [0.25, 0.3) is 0 Å². The van der Waals surface area contributed by atoms with Gasteiger partial charge in [0.15, 0.2) is 0 Å². The van der Waals surface area contributed by atoms with Gasteiger partial charge in [-0.2, -0.15) is 0 Å². The predicted octanol–water partition coefficient (Wildman–Crippen LogP) is 5.73. The van der Waals surface area contributed by atoms with Gasteiger partial charge >= 0.3 is 5.97 Å². The molecule has 1 fully saturated rings. The highest BCUT2D eigenvalue weighted by molar-refractivity contribution is 6.30. The summed E-state index contributed by atoms with van der Waals surface area (Å²) >= 11 is 5.88. The zero-order valence-corrected chi connectivity index (χ0v) is 19.9. The summed E-state index contributed by atoms with van der Waals surface area (Å²) in [5.74, 6) is 0.574. The van der Waals surface area contributed by atoms with E-state index in [1.54, 1.807) is 36.4 Å². The Hall–Kier alpha value is -2.73. The summed E-state index contributed by atoms with van der Waals surface area (Å²) < 4.78 is 11.7. The molecule has 0 atom stereocenters. The first-order chi connectivity index (χ1) is 15.7. The van der Waals surface area contributed by atoms with Crippen LogP contribution in [-0.4, -0.2) is 35.7 Å². The van der Waals surface area contributed by atoms with Gasteiger partial charge in [-0.15, -0.1) is 0 Å². The summed E-state index contributed by atoms with van der Waals surface area (Å²) in [7, 11) is 0. The maximum atomic E-state index is 12.8. The third-order valence-electron chi connectivity index (χ3n) is 6.06. The third kappa shape index (κ3) is 7.67. The van der Waals surface area contributed by atoms with Gasteiger partial charge in [-0.25, -0.2) is 4.79 Å². The summed E-state index contributed by atoms with van der Waals surface area (Å²) in [4.78, 5) is 23.8. The highest BCUT2D eigenvalue weighted by Crippen LogP contribution is 2.27. The molecule has 0 radical (unpaired) electrons. The fourth-order valence-electron chi connectivity index (χ4n) is 3.92. The molecule has 2 N–H and O–H groups in total. The number of amides is 1. The molecule has 1 aliphatic carbocycles. The molecule has 6 nitrogen and oxygen atoms in total. The summed E-state index contributed by atoms with van der Waals surface area (Å²) in [5.41, 5.74) is -0.226. The summed E-state index contributed by atoms with van der Waals surface area (Å²) in [6.45, 7) is 4.49. The average Bonchev–Trinajstić information content (AvgIpc) is 2.79. The second-order valence-electron chi connectivity index (χ2n) is 9.18. The molecule has 178 valence electrons. The largest absolute Gasteiger partial charge is 0.494 e. The highest BCUT2D eigenvalue weighted by Gasteiger charge is 2.31. The molecule has 0 aliphatic heterocycles. The smallest absolute Gasteiger partial charge is 0.335 e. The van der Waals surface area contributed by atoms with Crippen molar-refractivity contribution in [1.82, 2.24) is 5.32 Å². The van der Waals surface area contributed by atoms with E-state index in [0.29, 0.717) is 17.4 Å². The van der Waals surface area contributed by atoms with E-state index in [-0.39, 0.29) is 23.6 Å². The van der Waals surface area contributed by atoms with Crippen molar-refractivity contribution in [2.75, 3.05) is 6.61 Å². The zero-order valence-electron chi connectivity index (χ0n) is 19.2. The van der Waals surface area contributed by atoms with Crippen LogP contribution in [-0.2, 0) is 4.79 Å². The first kappa shape index (κ1) is 24.9. The number of ether oxygens (including phenoxy) is 2. The molecule has 2 aromatic rings. The zero-order chi connectivity index (χ0) is 23.8. The predicted molar refractivity (Wildman–Crippen MR) is 128 cm³/mol. The molecule has 0 saturated heterocycles. The average molecular weight is 474 g/mol. The van der Waals surface area contributed by atoms with Gasteiger partial charge in [0.05, 0.1) is 18.3 Å². The van der Waals surface area contributed by atoms with Crippen LogP contribution in [0.25, 0.3) is 0 Å². The van der Waals surface area contributed by atoms with E-state index in [1.165, 1.54) is 0 Å². The lowest BCUT2D eigenvalue weighted by molar-refractivity contribution is -0.130. The normalized spacial score (nSPS) is 18.4. The number of carboxylic acids is 1. The summed E-state index contributed by atoms with van der Waals surface area (Å²) in [6.07, 6.45) is 5.01. The minimum absolute atomic E-state index is 0.0719. The monoisotopic (exact) mass is 473 g/mol. The Bertz CT molecular complexity index is 919. The Labute approximate surface area is 200 Å². The van der Waals surface area contributed by atoms with Crippen molar-refractivity contribution in [3.8, 4) is 11.5 Å². The van der Waals surface area contributed by atoms with Crippen molar-refractivity contribution >= 4 is 23.5 Å². The number of hydrogen-bond donors (Lipinski definition) is 2. The number of aromatic carboxylic acids is 1. The van der Waals surface area contributed by atoms with E-state index >= 15 is 0 Å². The molecule has 33 heavy (non-hydrogen) atoms. The van der Waals surface area contributed by atoms with E-state index in [9.17, 15) is 9.59 Å². The van der Waals surface area contributed by atoms with Gasteiger partial charge in [0, 0.05) is 16.5 Å². The molecule has 0 bridgehead atoms. The fourth-order valence-corrected chi connectivity index (χ4v) is 4.05. The van der Waals surface area contributed by atoms with Crippen LogP contribution in [0.4, 0.5) is 0 Å². The van der Waals surface area contributed by atoms with Crippen LogP contribution in [0, 0.1) is 5.41 Å². The quantitative estimate of drug-likeness (QED) is 0.430. The SMILES string of the molecule is CC(C)(CCCOc1ccc(Cl)cc1)C(=O)N[C@H]1CC[C@@H](Oc2ccc(C(=O)O)cc2)CC1. The molecule has 1 amide bonds. The maximum Gasteiger partial charge on any atom is 0.335 e.